The van der Waals surface area contributed by atoms with E-state index in [0.29, 0.717) is 32.1 Å². The van der Waals surface area contributed by atoms with Crippen molar-refractivity contribution in [2.45, 2.75) is 146 Å². The number of benzene rings is 5. The Morgan fingerprint density at radius 1 is 0.515 bits per heavy atom. The monoisotopic (exact) mass is 1520 g/mol. The van der Waals surface area contributed by atoms with Crippen molar-refractivity contribution in [3.63, 3.8) is 0 Å². The first kappa shape index (κ1) is 80.9. The quantitative estimate of drug-likeness (QED) is 0.0658. The SMILES string of the molecule is CC(C)(C(=O)Nc1nc(-c2ccccc2)no1)S(=O)(=O)c1ccc(Cl)cc1.CC(C)(C(=O)Nc1ncc(C#N)s1)S(=O)(=O)c1ccc(Cl)cc1.CC(C)(C)c1cc(NC(=O)C(C)(C)S(=O)(=O)c2cccc(F)c2)no1.Cn1nc(C(C)(C)C)cc1NC(=O)C(C)(C)S(=O)(=O)c1cccc(F)c1. The van der Waals surface area contributed by atoms with Crippen molar-refractivity contribution < 1.29 is 70.7 Å². The van der Waals surface area contributed by atoms with Crippen molar-refractivity contribution in [2.24, 2.45) is 7.05 Å². The Morgan fingerprint density at radius 3 is 1.36 bits per heavy atom. The number of halogens is 4. The highest BCUT2D eigenvalue weighted by molar-refractivity contribution is 7.94. The number of rotatable bonds is 17. The van der Waals surface area contributed by atoms with Crippen LogP contribution in [0.3, 0.4) is 0 Å². The van der Waals surface area contributed by atoms with Crippen molar-refractivity contribution in [3.05, 3.63) is 184 Å². The predicted octanol–water partition coefficient (Wildman–Crippen LogP) is 12.8. The van der Waals surface area contributed by atoms with Gasteiger partial charge in [-0.1, -0.05) is 129 Å². The number of nitrogens with zero attached hydrogens (tertiary/aromatic N) is 7. The molecule has 0 aliphatic carbocycles. The maximum Gasteiger partial charge on any atom is 0.328 e. The van der Waals surface area contributed by atoms with E-state index in [9.17, 15) is 61.6 Å². The number of aryl methyl sites for hydroxylation is 1. The number of hydrogen-bond donors (Lipinski definition) is 4. The Kier molecular flexibility index (Phi) is 24.8. The molecule has 101 heavy (non-hydrogen) atoms. The Labute approximate surface area is 598 Å². The van der Waals surface area contributed by atoms with Crippen LogP contribution in [0.5, 0.6) is 0 Å². The molecule has 4 amide bonds. The molecule has 4 N–H and O–H groups in total. The smallest absolute Gasteiger partial charge is 0.328 e. The van der Waals surface area contributed by atoms with Crippen LogP contribution >= 0.6 is 34.5 Å². The van der Waals surface area contributed by atoms with Crippen molar-refractivity contribution in [2.75, 3.05) is 21.3 Å². The Morgan fingerprint density at radius 2 is 0.950 bits per heavy atom. The van der Waals surface area contributed by atoms with Gasteiger partial charge in [0.2, 0.25) is 29.5 Å². The Hall–Kier alpha value is -9.10. The highest BCUT2D eigenvalue weighted by Gasteiger charge is 2.47. The molecule has 0 unspecified atom stereocenters. The third kappa shape index (κ3) is 18.7. The van der Waals surface area contributed by atoms with Gasteiger partial charge in [-0.2, -0.15) is 15.3 Å². The van der Waals surface area contributed by atoms with Crippen LogP contribution in [0.4, 0.5) is 31.6 Å². The highest BCUT2D eigenvalue weighted by Crippen LogP contribution is 2.34. The highest BCUT2D eigenvalue weighted by atomic mass is 35.5. The first-order valence-electron chi connectivity index (χ1n) is 30.1. The molecule has 4 heterocycles. The summed E-state index contributed by atoms with van der Waals surface area (Å²) in [6.07, 6.45) is 1.31. The van der Waals surface area contributed by atoms with E-state index in [-0.39, 0.29) is 53.2 Å². The summed E-state index contributed by atoms with van der Waals surface area (Å²) < 4.78 is 134. The summed E-state index contributed by atoms with van der Waals surface area (Å²) in [4.78, 5) is 58.0. The number of carbonyl (C=O) groups excluding carboxylic acids is 4. The van der Waals surface area contributed by atoms with Gasteiger partial charge >= 0.3 is 6.01 Å². The van der Waals surface area contributed by atoms with E-state index in [2.05, 4.69) is 46.6 Å². The molecule has 0 spiro atoms. The van der Waals surface area contributed by atoms with Gasteiger partial charge in [-0.25, -0.2) is 47.4 Å². The second-order valence-corrected chi connectivity index (χ2v) is 38.1. The molecule has 4 aromatic heterocycles. The molecule has 25 nitrogen and oxygen atoms in total. The van der Waals surface area contributed by atoms with Gasteiger partial charge in [0.25, 0.3) is 0 Å². The molecular weight excluding hydrogens is 1450 g/mol. The van der Waals surface area contributed by atoms with Gasteiger partial charge in [0, 0.05) is 45.6 Å². The van der Waals surface area contributed by atoms with Crippen molar-refractivity contribution in [1.29, 1.82) is 5.26 Å². The number of carbonyl (C=O) groups is 4. The third-order valence-corrected chi connectivity index (χ3v) is 26.2. The Balaban J connectivity index is 0.000000212. The molecule has 5 aromatic carbocycles. The lowest BCUT2D eigenvalue weighted by molar-refractivity contribution is -0.118. The van der Waals surface area contributed by atoms with Gasteiger partial charge in [0.1, 0.15) is 53.1 Å². The van der Waals surface area contributed by atoms with E-state index in [1.165, 1.54) is 139 Å². The van der Waals surface area contributed by atoms with E-state index in [0.717, 1.165) is 41.3 Å². The number of nitrogens with one attached hydrogen (secondary N) is 4. The van der Waals surface area contributed by atoms with Gasteiger partial charge < -0.3 is 25.0 Å². The van der Waals surface area contributed by atoms with E-state index in [1.54, 1.807) is 31.3 Å². The van der Waals surface area contributed by atoms with Gasteiger partial charge in [0.05, 0.1) is 31.5 Å². The molecule has 0 aliphatic rings. The summed E-state index contributed by atoms with van der Waals surface area (Å²) in [5, 5.41) is 31.5. The summed E-state index contributed by atoms with van der Waals surface area (Å²) in [6, 6.07) is 34.4. The molecular formula is C67H73Cl2F2N11O14S5. The van der Waals surface area contributed by atoms with Gasteiger partial charge in [-0.05, 0) is 140 Å². The summed E-state index contributed by atoms with van der Waals surface area (Å²) in [7, 11) is -14.5. The standard InChI is InChI=1S/C18H16ClN3O4S.C18H24FN3O3S.C17H21FN2O4S.C14H12ClN3O3S2/c1-18(2,27(24,25)14-10-8-13(19)9-11-14)16(23)21-17-20-15(22-26-17)12-6-4-3-5-7-12;1-17(2,3)14-11-15(22(6)21-14)20-16(23)18(4,5)26(24,25)13-9-7-8-12(19)10-13;1-16(2,3)13-10-14(20-24-13)19-15(21)17(4,5)25(22,23)12-8-6-7-11(18)9-12;1-14(2,12(19)18-13-17-8-10(7-16)22-13)23(20,21)11-5-3-9(15)4-6-11/h3-11H,1-2H3,(H,20,21,22,23);7-11H,1-6H3,(H,20,23);6-10H,1-5H3,(H,19,20,21);3-6,8H,1-2H3,(H,17,18,19). The summed E-state index contributed by atoms with van der Waals surface area (Å²) in [5.74, 6) is -3.05. The van der Waals surface area contributed by atoms with E-state index < -0.39 is 93.6 Å². The number of thiazole rings is 1. The van der Waals surface area contributed by atoms with Crippen LogP contribution in [0.1, 0.15) is 113 Å². The molecule has 9 aromatic rings. The molecule has 0 bridgehead atoms. The zero-order valence-corrected chi connectivity index (χ0v) is 62.8. The van der Waals surface area contributed by atoms with Gasteiger partial charge in [0.15, 0.2) is 50.3 Å². The lowest BCUT2D eigenvalue weighted by atomic mass is 9.92. The number of sulfone groups is 4. The zero-order chi connectivity index (χ0) is 75.9. The molecule has 9 rings (SSSR count). The van der Waals surface area contributed by atoms with Crippen LogP contribution in [0.15, 0.2) is 174 Å². The fourth-order valence-electron chi connectivity index (χ4n) is 8.19. The van der Waals surface area contributed by atoms with E-state index in [1.807, 2.05) is 65.8 Å². The fraction of sp³-hybridized carbons (Fsp3) is 0.313. The van der Waals surface area contributed by atoms with Crippen LogP contribution in [-0.4, -0.2) is 106 Å². The minimum atomic E-state index is -4.11. The fourth-order valence-corrected chi connectivity index (χ4v) is 14.6. The number of aromatic nitrogens is 6. The summed E-state index contributed by atoms with van der Waals surface area (Å²) in [6.45, 7) is 22.0. The summed E-state index contributed by atoms with van der Waals surface area (Å²) >= 11 is 12.5. The van der Waals surface area contributed by atoms with Crippen LogP contribution in [0, 0.1) is 23.0 Å². The molecule has 0 saturated carbocycles. The first-order chi connectivity index (χ1) is 46.5. The van der Waals surface area contributed by atoms with Crippen LogP contribution in [0.25, 0.3) is 11.4 Å². The number of amides is 4. The van der Waals surface area contributed by atoms with Crippen molar-refractivity contribution in [3.8, 4) is 17.5 Å². The second kappa shape index (κ2) is 31.0. The topological polar surface area (TPSA) is 372 Å². The van der Waals surface area contributed by atoms with Crippen molar-refractivity contribution >= 4 is 120 Å². The Bertz CT molecular complexity index is 5040. The van der Waals surface area contributed by atoms with Crippen LogP contribution in [-0.2, 0) is 76.4 Å². The number of hydrogen-bond acceptors (Lipinski definition) is 21. The summed E-state index contributed by atoms with van der Waals surface area (Å²) in [5.41, 5.74) is 0.944. The van der Waals surface area contributed by atoms with Crippen molar-refractivity contribution in [1.82, 2.24) is 30.1 Å². The van der Waals surface area contributed by atoms with Gasteiger partial charge in [-0.15, -0.1) is 0 Å². The minimum Gasteiger partial charge on any atom is -0.359 e. The van der Waals surface area contributed by atoms with Crippen LogP contribution < -0.4 is 21.3 Å². The maximum absolute atomic E-state index is 13.4. The maximum atomic E-state index is 13.4. The average Bonchev–Trinajstić information content (AvgIpc) is 1.25. The zero-order valence-electron chi connectivity index (χ0n) is 57.3. The normalized spacial score (nSPS) is 12.4. The minimum absolute atomic E-state index is 0.00102. The molecule has 0 aliphatic heterocycles. The molecule has 0 fully saturated rings. The van der Waals surface area contributed by atoms with E-state index >= 15 is 0 Å². The third-order valence-electron chi connectivity index (χ3n) is 15.2. The molecule has 538 valence electrons. The predicted molar refractivity (Wildman–Crippen MR) is 379 cm³/mol. The first-order valence-corrected chi connectivity index (χ1v) is 37.6. The molecule has 0 radical (unpaired) electrons. The largest absolute Gasteiger partial charge is 0.359 e. The average molecular weight is 1530 g/mol. The number of nitriles is 1. The lowest BCUT2D eigenvalue weighted by Gasteiger charge is -2.23. The second-order valence-electron chi connectivity index (χ2n) is 26.2. The molecule has 0 atom stereocenters. The van der Waals surface area contributed by atoms with Crippen LogP contribution in [0.2, 0.25) is 10.0 Å². The van der Waals surface area contributed by atoms with Gasteiger partial charge in [-0.3, -0.25) is 29.2 Å². The lowest BCUT2D eigenvalue weighted by Crippen LogP contribution is -2.44. The van der Waals surface area contributed by atoms with E-state index in [4.69, 9.17) is 37.5 Å². The number of anilines is 4. The molecule has 34 heteroatoms. The molecule has 0 saturated heterocycles.